The predicted molar refractivity (Wildman–Crippen MR) is 117 cm³/mol. The highest BCUT2D eigenvalue weighted by Crippen LogP contribution is 2.16. The number of amides is 2. The molecule has 0 unspecified atom stereocenters. The van der Waals surface area contributed by atoms with Gasteiger partial charge >= 0.3 is 0 Å². The maximum atomic E-state index is 13.3. The maximum absolute atomic E-state index is 13.3. The van der Waals surface area contributed by atoms with E-state index in [2.05, 4.69) is 0 Å². The zero-order valence-electron chi connectivity index (χ0n) is 17.7. The van der Waals surface area contributed by atoms with Crippen LogP contribution < -0.4 is 0 Å². The smallest absolute Gasteiger partial charge is 0.254 e. The van der Waals surface area contributed by atoms with Crippen LogP contribution in [0.3, 0.4) is 0 Å². The van der Waals surface area contributed by atoms with Crippen molar-refractivity contribution in [2.24, 2.45) is 0 Å². The summed E-state index contributed by atoms with van der Waals surface area (Å²) in [6.07, 6.45) is 1.60. The molecule has 5 heteroatoms. The normalized spacial score (nSPS) is 10.8. The lowest BCUT2D eigenvalue weighted by atomic mass is 10.1. The highest BCUT2D eigenvalue weighted by atomic mass is 16.3. The van der Waals surface area contributed by atoms with Crippen molar-refractivity contribution in [2.45, 2.75) is 39.9 Å². The van der Waals surface area contributed by atoms with Crippen LogP contribution in [-0.4, -0.2) is 34.2 Å². The van der Waals surface area contributed by atoms with E-state index in [0.29, 0.717) is 24.4 Å². The second-order valence-corrected chi connectivity index (χ2v) is 7.66. The first kappa shape index (κ1) is 21.4. The molecule has 30 heavy (non-hydrogen) atoms. The van der Waals surface area contributed by atoms with Gasteiger partial charge < -0.3 is 14.2 Å². The third-order valence-corrected chi connectivity index (χ3v) is 5.06. The minimum absolute atomic E-state index is 0.0123. The van der Waals surface area contributed by atoms with Gasteiger partial charge in [-0.1, -0.05) is 48.5 Å². The van der Waals surface area contributed by atoms with Crippen molar-refractivity contribution in [2.75, 3.05) is 6.54 Å². The molecule has 0 radical (unpaired) electrons. The number of nitrogens with zero attached hydrogens (tertiary/aromatic N) is 2. The molecule has 0 aliphatic heterocycles. The molecule has 0 saturated heterocycles. The second kappa shape index (κ2) is 9.92. The van der Waals surface area contributed by atoms with E-state index in [-0.39, 0.29) is 24.4 Å². The molecular weight excluding hydrogens is 376 g/mol. The molecule has 1 aromatic heterocycles. The standard InChI is InChI=1S/C25H28N2O3/c1-19(2)27(25(29)23-14-8-7-10-20(23)3)18-24(28)26(17-22-13-9-15-30-22)16-21-11-5-4-6-12-21/h4-15,19H,16-18H2,1-3H3. The molecule has 0 N–H and O–H groups in total. The summed E-state index contributed by atoms with van der Waals surface area (Å²) >= 11 is 0. The van der Waals surface area contributed by atoms with Gasteiger partial charge in [-0.15, -0.1) is 0 Å². The summed E-state index contributed by atoms with van der Waals surface area (Å²) in [7, 11) is 0. The van der Waals surface area contributed by atoms with Gasteiger partial charge in [0.15, 0.2) is 0 Å². The Labute approximate surface area is 177 Å². The van der Waals surface area contributed by atoms with Crippen LogP contribution >= 0.6 is 0 Å². The molecule has 0 atom stereocenters. The Morgan fingerprint density at radius 2 is 1.60 bits per heavy atom. The predicted octanol–water partition coefficient (Wildman–Crippen LogP) is 4.67. The number of hydrogen-bond donors (Lipinski definition) is 0. The molecule has 3 rings (SSSR count). The van der Waals surface area contributed by atoms with Crippen molar-refractivity contribution >= 4 is 11.8 Å². The fraction of sp³-hybridized carbons (Fsp3) is 0.280. The minimum atomic E-state index is -0.130. The topological polar surface area (TPSA) is 53.8 Å². The third-order valence-electron chi connectivity index (χ3n) is 5.06. The molecule has 3 aromatic rings. The van der Waals surface area contributed by atoms with Crippen molar-refractivity contribution in [1.82, 2.24) is 9.80 Å². The van der Waals surface area contributed by atoms with Gasteiger partial charge in [0.1, 0.15) is 12.3 Å². The average molecular weight is 405 g/mol. The van der Waals surface area contributed by atoms with Crippen LogP contribution in [0.15, 0.2) is 77.4 Å². The summed E-state index contributed by atoms with van der Waals surface area (Å²) in [6, 6.07) is 20.8. The van der Waals surface area contributed by atoms with Gasteiger partial charge in [-0.05, 0) is 50.1 Å². The summed E-state index contributed by atoms with van der Waals surface area (Å²) in [5, 5.41) is 0. The average Bonchev–Trinajstić information content (AvgIpc) is 3.25. The fourth-order valence-corrected chi connectivity index (χ4v) is 3.33. The minimum Gasteiger partial charge on any atom is -0.467 e. The third kappa shape index (κ3) is 5.38. The summed E-state index contributed by atoms with van der Waals surface area (Å²) in [5.74, 6) is 0.459. The Balaban J connectivity index is 1.81. The van der Waals surface area contributed by atoms with E-state index in [1.165, 1.54) is 0 Å². The van der Waals surface area contributed by atoms with Crippen molar-refractivity contribution < 1.29 is 14.0 Å². The molecule has 0 fully saturated rings. The van der Waals surface area contributed by atoms with E-state index in [9.17, 15) is 9.59 Å². The van der Waals surface area contributed by atoms with E-state index >= 15 is 0 Å². The molecule has 0 aliphatic rings. The second-order valence-electron chi connectivity index (χ2n) is 7.66. The SMILES string of the molecule is Cc1ccccc1C(=O)N(CC(=O)N(Cc1ccccc1)Cc1ccco1)C(C)C. The number of furan rings is 1. The molecule has 2 aromatic carbocycles. The Morgan fingerprint density at radius 3 is 2.23 bits per heavy atom. The van der Waals surface area contributed by atoms with Gasteiger partial charge in [-0.3, -0.25) is 9.59 Å². The first-order valence-electron chi connectivity index (χ1n) is 10.2. The highest BCUT2D eigenvalue weighted by molar-refractivity contribution is 5.97. The number of hydrogen-bond acceptors (Lipinski definition) is 3. The van der Waals surface area contributed by atoms with E-state index in [4.69, 9.17) is 4.42 Å². The van der Waals surface area contributed by atoms with Gasteiger partial charge in [-0.2, -0.15) is 0 Å². The van der Waals surface area contributed by atoms with E-state index in [1.54, 1.807) is 16.1 Å². The summed E-state index contributed by atoms with van der Waals surface area (Å²) in [4.78, 5) is 29.8. The van der Waals surface area contributed by atoms with Gasteiger partial charge in [0.2, 0.25) is 5.91 Å². The Kier molecular flexibility index (Phi) is 7.07. The van der Waals surface area contributed by atoms with Crippen LogP contribution in [0.1, 0.15) is 41.1 Å². The largest absolute Gasteiger partial charge is 0.467 e. The van der Waals surface area contributed by atoms with Crippen LogP contribution in [0.25, 0.3) is 0 Å². The van der Waals surface area contributed by atoms with Crippen molar-refractivity contribution in [3.63, 3.8) is 0 Å². The van der Waals surface area contributed by atoms with Crippen LogP contribution in [0.4, 0.5) is 0 Å². The van der Waals surface area contributed by atoms with Crippen LogP contribution in [-0.2, 0) is 17.9 Å². The lowest BCUT2D eigenvalue weighted by Crippen LogP contribution is -2.45. The fourth-order valence-electron chi connectivity index (χ4n) is 3.33. The van der Waals surface area contributed by atoms with Gasteiger partial charge in [0.25, 0.3) is 5.91 Å². The number of aryl methyl sites for hydroxylation is 1. The number of benzene rings is 2. The molecule has 0 bridgehead atoms. The molecule has 2 amide bonds. The van der Waals surface area contributed by atoms with Crippen molar-refractivity contribution in [1.29, 1.82) is 0 Å². The molecule has 1 heterocycles. The van der Waals surface area contributed by atoms with Crippen molar-refractivity contribution in [3.8, 4) is 0 Å². The lowest BCUT2D eigenvalue weighted by Gasteiger charge is -2.30. The van der Waals surface area contributed by atoms with Crippen molar-refractivity contribution in [3.05, 3.63) is 95.4 Å². The van der Waals surface area contributed by atoms with Crippen LogP contribution in [0, 0.1) is 6.92 Å². The van der Waals surface area contributed by atoms with E-state index in [1.807, 2.05) is 87.5 Å². The Hall–Kier alpha value is -3.34. The summed E-state index contributed by atoms with van der Waals surface area (Å²) < 4.78 is 5.46. The highest BCUT2D eigenvalue weighted by Gasteiger charge is 2.25. The zero-order chi connectivity index (χ0) is 21.5. The molecule has 156 valence electrons. The zero-order valence-corrected chi connectivity index (χ0v) is 17.7. The number of carbonyl (C=O) groups is 2. The van der Waals surface area contributed by atoms with Crippen LogP contribution in [0.5, 0.6) is 0 Å². The maximum Gasteiger partial charge on any atom is 0.254 e. The monoisotopic (exact) mass is 404 g/mol. The Bertz CT molecular complexity index is 965. The molecule has 0 spiro atoms. The van der Waals surface area contributed by atoms with E-state index in [0.717, 1.165) is 11.1 Å². The summed E-state index contributed by atoms with van der Waals surface area (Å²) in [5.41, 5.74) is 2.55. The first-order chi connectivity index (χ1) is 14.5. The van der Waals surface area contributed by atoms with E-state index < -0.39 is 0 Å². The first-order valence-corrected chi connectivity index (χ1v) is 10.2. The summed E-state index contributed by atoms with van der Waals surface area (Å²) in [6.45, 7) is 6.58. The molecule has 5 nitrogen and oxygen atoms in total. The van der Waals surface area contributed by atoms with Crippen LogP contribution in [0.2, 0.25) is 0 Å². The number of rotatable bonds is 8. The Morgan fingerprint density at radius 1 is 0.900 bits per heavy atom. The van der Waals surface area contributed by atoms with Gasteiger partial charge in [-0.25, -0.2) is 0 Å². The van der Waals surface area contributed by atoms with Gasteiger partial charge in [0.05, 0.1) is 12.8 Å². The van der Waals surface area contributed by atoms with Gasteiger partial charge in [0, 0.05) is 18.2 Å². The molecule has 0 aliphatic carbocycles. The number of carbonyl (C=O) groups excluding carboxylic acids is 2. The quantitative estimate of drug-likeness (QED) is 0.548. The molecular formula is C25H28N2O3. The molecule has 0 saturated carbocycles. The lowest BCUT2D eigenvalue weighted by molar-refractivity contribution is -0.133.